The average Bonchev–Trinajstić information content (AvgIpc) is 1.52. The standard InChI is InChI=1S/C88H76N4/c1-83(2)71-47-66-64-41-57(31-35-75(64)89-77(66)49-73(71)84(3,4)87(83,9)10)59-33-37-80-68(44-59)63-29-17-18-30-79(63)92(80)62-28-20-25-54(40-62)53-24-19-21-52(39-53)51-88(11)85(5,6)72-48-67-65-42-58(32-36-76(65)90-78(67)50-74(72)86(88,7)8)60-34-38-81-69(45-60)70-43-55-22-15-16-23-56(55)46-82(70)91(81)61-26-13-12-14-27-61/h12-50,89-90H,51H2,1-11H3. The molecule has 448 valence electrons. The third-order valence-corrected chi connectivity index (χ3v) is 25.0. The molecule has 0 radical (unpaired) electrons. The molecule has 4 heteroatoms. The van der Waals surface area contributed by atoms with Crippen LogP contribution in [0.3, 0.4) is 0 Å². The SMILES string of the molecule is CC1(C)c2cc3[nH]c4ccc(-c5ccc6c(c5)c5ccccc5n6-c5cccc(-c6cccc(CC7(C)C(C)(C)c8cc9[nH]c%10ccc(-c%11ccc%12c(c%11)c%11cc%13ccccc%13cc%11n%12-c%11ccccc%11)cc%10c9cc8C7(C)C)c6)c5)cc4c3cc2C(C)(C)C1(C)C. The number of nitrogens with one attached hydrogen (secondary N) is 2. The molecule has 4 aromatic heterocycles. The number of benzene rings is 12. The van der Waals surface area contributed by atoms with Gasteiger partial charge in [-0.1, -0.05) is 197 Å². The van der Waals surface area contributed by atoms with Crippen LogP contribution >= 0.6 is 0 Å². The predicted octanol–water partition coefficient (Wildman–Crippen LogP) is 23.7. The van der Waals surface area contributed by atoms with Crippen molar-refractivity contribution in [3.05, 3.63) is 264 Å². The molecule has 0 saturated heterocycles. The Hall–Kier alpha value is -9.90. The maximum atomic E-state index is 3.90. The van der Waals surface area contributed by atoms with Gasteiger partial charge >= 0.3 is 0 Å². The van der Waals surface area contributed by atoms with E-state index in [0.29, 0.717) is 0 Å². The number of fused-ring (bicyclic) bond motifs is 15. The van der Waals surface area contributed by atoms with E-state index >= 15 is 0 Å². The maximum Gasteiger partial charge on any atom is 0.0547 e. The minimum Gasteiger partial charge on any atom is -0.355 e. The number of aromatic nitrogens is 4. The normalized spacial score (nSPS) is 17.8. The van der Waals surface area contributed by atoms with Crippen molar-refractivity contribution in [1.29, 1.82) is 0 Å². The number of nitrogens with zero attached hydrogens (tertiary/aromatic N) is 2. The molecule has 12 aromatic carbocycles. The summed E-state index contributed by atoms with van der Waals surface area (Å²) in [6.45, 7) is 27.2. The average molecular weight is 1190 g/mol. The van der Waals surface area contributed by atoms with Crippen LogP contribution in [-0.2, 0) is 28.1 Å². The van der Waals surface area contributed by atoms with Crippen molar-refractivity contribution in [3.8, 4) is 44.8 Å². The highest BCUT2D eigenvalue weighted by Gasteiger charge is 2.60. The lowest BCUT2D eigenvalue weighted by Gasteiger charge is -2.48. The van der Waals surface area contributed by atoms with Crippen molar-refractivity contribution in [3.63, 3.8) is 0 Å². The molecule has 0 amide bonds. The van der Waals surface area contributed by atoms with Gasteiger partial charge < -0.3 is 19.1 Å². The lowest BCUT2D eigenvalue weighted by molar-refractivity contribution is 0.0997. The highest BCUT2D eigenvalue weighted by molar-refractivity contribution is 6.16. The molecule has 2 aliphatic rings. The van der Waals surface area contributed by atoms with Crippen LogP contribution in [0, 0.1) is 10.8 Å². The van der Waals surface area contributed by atoms with E-state index in [1.807, 2.05) is 0 Å². The van der Waals surface area contributed by atoms with Crippen molar-refractivity contribution in [1.82, 2.24) is 19.1 Å². The number of hydrogen-bond acceptors (Lipinski definition) is 0. The third kappa shape index (κ3) is 7.35. The Bertz CT molecular complexity index is 5840. The first-order chi connectivity index (χ1) is 44.2. The van der Waals surface area contributed by atoms with E-state index < -0.39 is 0 Å². The first kappa shape index (κ1) is 55.0. The Kier molecular flexibility index (Phi) is 11.1. The summed E-state index contributed by atoms with van der Waals surface area (Å²) in [5, 5.41) is 12.7. The van der Waals surface area contributed by atoms with Crippen LogP contribution in [0.2, 0.25) is 0 Å². The monoisotopic (exact) mass is 1190 g/mol. The Morgan fingerprint density at radius 1 is 0.272 bits per heavy atom. The fourth-order valence-corrected chi connectivity index (χ4v) is 17.9. The van der Waals surface area contributed by atoms with Crippen molar-refractivity contribution >= 4 is 98.0 Å². The topological polar surface area (TPSA) is 41.4 Å². The van der Waals surface area contributed by atoms with Gasteiger partial charge in [-0.05, 0) is 226 Å². The van der Waals surface area contributed by atoms with Gasteiger partial charge in [0.05, 0.1) is 22.1 Å². The smallest absolute Gasteiger partial charge is 0.0547 e. The summed E-state index contributed by atoms with van der Waals surface area (Å²) in [5.74, 6) is 0. The molecule has 0 aliphatic heterocycles. The molecular weight excluding hydrogens is 1110 g/mol. The lowest BCUT2D eigenvalue weighted by Crippen LogP contribution is -2.46. The fraction of sp³-hybridized carbons (Fsp3) is 0.205. The molecule has 2 N–H and O–H groups in total. The molecule has 4 nitrogen and oxygen atoms in total. The number of aromatic amines is 2. The van der Waals surface area contributed by atoms with Gasteiger partial charge in [0.15, 0.2) is 0 Å². The van der Waals surface area contributed by atoms with Crippen LogP contribution < -0.4 is 0 Å². The molecule has 0 fully saturated rings. The van der Waals surface area contributed by atoms with E-state index in [2.05, 4.69) is 332 Å². The van der Waals surface area contributed by atoms with Crippen molar-refractivity contribution in [2.45, 2.75) is 104 Å². The molecule has 92 heavy (non-hydrogen) atoms. The number of hydrogen-bond donors (Lipinski definition) is 2. The Morgan fingerprint density at radius 2 is 0.696 bits per heavy atom. The van der Waals surface area contributed by atoms with Crippen LogP contribution in [0.1, 0.15) is 104 Å². The van der Waals surface area contributed by atoms with Gasteiger partial charge in [-0.15, -0.1) is 0 Å². The Balaban J connectivity index is 0.663. The number of H-pyrrole nitrogens is 2. The summed E-state index contributed by atoms with van der Waals surface area (Å²) >= 11 is 0. The summed E-state index contributed by atoms with van der Waals surface area (Å²) in [6.07, 6.45) is 0.937. The quantitative estimate of drug-likeness (QED) is 0.160. The van der Waals surface area contributed by atoms with E-state index in [4.69, 9.17) is 0 Å². The summed E-state index contributed by atoms with van der Waals surface area (Å²) in [6, 6.07) is 90.0. The second kappa shape index (κ2) is 18.6. The molecule has 2 aliphatic carbocycles. The zero-order valence-corrected chi connectivity index (χ0v) is 54.6. The van der Waals surface area contributed by atoms with Gasteiger partial charge in [0.1, 0.15) is 0 Å². The molecule has 0 bridgehead atoms. The van der Waals surface area contributed by atoms with Crippen LogP contribution in [0.15, 0.2) is 237 Å². The van der Waals surface area contributed by atoms with Gasteiger partial charge in [-0.2, -0.15) is 0 Å². The largest absolute Gasteiger partial charge is 0.355 e. The van der Waals surface area contributed by atoms with Crippen molar-refractivity contribution < 1.29 is 0 Å². The van der Waals surface area contributed by atoms with Crippen LogP contribution in [0.4, 0.5) is 0 Å². The lowest BCUT2D eigenvalue weighted by atomic mass is 9.55. The first-order valence-corrected chi connectivity index (χ1v) is 33.2. The van der Waals surface area contributed by atoms with E-state index in [1.165, 1.54) is 165 Å². The molecule has 16 aromatic rings. The van der Waals surface area contributed by atoms with Crippen LogP contribution in [0.25, 0.3) is 143 Å². The van der Waals surface area contributed by atoms with E-state index in [-0.39, 0.29) is 32.5 Å². The summed E-state index contributed by atoms with van der Waals surface area (Å²) in [7, 11) is 0. The number of para-hydroxylation sites is 2. The van der Waals surface area contributed by atoms with Crippen LogP contribution in [0.5, 0.6) is 0 Å². The molecular formula is C88H76N4. The Morgan fingerprint density at radius 3 is 1.32 bits per heavy atom. The maximum absolute atomic E-state index is 3.90. The summed E-state index contributed by atoms with van der Waals surface area (Å²) in [5.41, 5.74) is 26.3. The zero-order chi connectivity index (χ0) is 62.8. The number of rotatable bonds is 7. The summed E-state index contributed by atoms with van der Waals surface area (Å²) < 4.78 is 4.89. The van der Waals surface area contributed by atoms with Crippen molar-refractivity contribution in [2.24, 2.45) is 10.8 Å². The second-order valence-corrected chi connectivity index (χ2v) is 30.2. The van der Waals surface area contributed by atoms with Gasteiger partial charge in [0.2, 0.25) is 0 Å². The van der Waals surface area contributed by atoms with Gasteiger partial charge in [-0.25, -0.2) is 0 Å². The van der Waals surface area contributed by atoms with E-state index in [9.17, 15) is 0 Å². The molecule has 0 saturated carbocycles. The minimum atomic E-state index is -0.147. The molecule has 18 rings (SSSR count). The second-order valence-electron chi connectivity index (χ2n) is 30.2. The molecule has 4 heterocycles. The highest BCUT2D eigenvalue weighted by Crippen LogP contribution is 2.65. The van der Waals surface area contributed by atoms with Crippen molar-refractivity contribution in [2.75, 3.05) is 0 Å². The van der Waals surface area contributed by atoms with Crippen LogP contribution in [-0.4, -0.2) is 19.1 Å². The third-order valence-electron chi connectivity index (χ3n) is 25.0. The molecule has 1 unspecified atom stereocenters. The van der Waals surface area contributed by atoms with E-state index in [0.717, 1.165) is 12.1 Å². The first-order valence-electron chi connectivity index (χ1n) is 33.2. The Labute approximate surface area is 538 Å². The summed E-state index contributed by atoms with van der Waals surface area (Å²) in [4.78, 5) is 7.73. The highest BCUT2D eigenvalue weighted by atomic mass is 15.0. The van der Waals surface area contributed by atoms with E-state index in [1.54, 1.807) is 0 Å². The zero-order valence-electron chi connectivity index (χ0n) is 54.6. The fourth-order valence-electron chi connectivity index (χ4n) is 17.9. The molecule has 0 spiro atoms. The van der Waals surface area contributed by atoms with Gasteiger partial charge in [0.25, 0.3) is 0 Å². The van der Waals surface area contributed by atoms with Gasteiger partial charge in [-0.3, -0.25) is 0 Å². The predicted molar refractivity (Wildman–Crippen MR) is 392 cm³/mol. The minimum absolute atomic E-state index is 0.0363. The molecule has 1 atom stereocenters. The van der Waals surface area contributed by atoms with Gasteiger partial charge in [0, 0.05) is 76.5 Å².